The molecule has 0 aliphatic carbocycles. The first-order valence-electron chi connectivity index (χ1n) is 7.64. The second kappa shape index (κ2) is 6.96. The predicted octanol–water partition coefficient (Wildman–Crippen LogP) is 3.36. The summed E-state index contributed by atoms with van der Waals surface area (Å²) in [7, 11) is 1.64. The van der Waals surface area contributed by atoms with Crippen LogP contribution in [0.1, 0.15) is 41.6 Å². The lowest BCUT2D eigenvalue weighted by molar-refractivity contribution is 0.0205. The molecule has 124 valence electrons. The maximum Gasteiger partial charge on any atom is 0.292 e. The normalized spacial score (nSPS) is 11.5. The Kier molecular flexibility index (Phi) is 5.21. The van der Waals surface area contributed by atoms with Gasteiger partial charge in [0.2, 0.25) is 5.76 Å². The quantitative estimate of drug-likeness (QED) is 0.820. The lowest BCUT2D eigenvalue weighted by Crippen LogP contribution is -2.50. The maximum atomic E-state index is 13.0. The van der Waals surface area contributed by atoms with Crippen LogP contribution in [0.3, 0.4) is 0 Å². The van der Waals surface area contributed by atoms with E-state index in [0.29, 0.717) is 30.5 Å². The highest BCUT2D eigenvalue weighted by Crippen LogP contribution is 2.23. The number of aromatic nitrogens is 1. The fraction of sp³-hybridized carbons (Fsp3) is 0.444. The zero-order chi connectivity index (χ0) is 17.0. The van der Waals surface area contributed by atoms with Gasteiger partial charge in [0.1, 0.15) is 0 Å². The maximum absolute atomic E-state index is 13.0. The van der Waals surface area contributed by atoms with Crippen LogP contribution in [0.4, 0.5) is 0 Å². The Morgan fingerprint density at radius 3 is 2.43 bits per heavy atom. The van der Waals surface area contributed by atoms with Crippen molar-refractivity contribution in [1.82, 2.24) is 9.88 Å². The van der Waals surface area contributed by atoms with Crippen LogP contribution in [0.25, 0.3) is 0 Å². The van der Waals surface area contributed by atoms with Crippen molar-refractivity contribution in [2.24, 2.45) is 0 Å². The number of benzene rings is 1. The summed E-state index contributed by atoms with van der Waals surface area (Å²) in [6.07, 6.45) is 0. The first-order valence-corrected chi connectivity index (χ1v) is 7.64. The topological polar surface area (TPSA) is 55.6 Å². The SMILES string of the molecule is COCC(C)(C)N(Cc1ccccc1)C(=O)c1oc(C)nc1C. The van der Waals surface area contributed by atoms with Crippen molar-refractivity contribution in [2.45, 2.75) is 39.8 Å². The predicted molar refractivity (Wildman–Crippen MR) is 88.2 cm³/mol. The van der Waals surface area contributed by atoms with Gasteiger partial charge in [-0.05, 0) is 26.3 Å². The molecule has 0 fully saturated rings. The van der Waals surface area contributed by atoms with Gasteiger partial charge in [0.05, 0.1) is 17.8 Å². The zero-order valence-electron chi connectivity index (χ0n) is 14.4. The Balaban J connectivity index is 2.36. The number of methoxy groups -OCH3 is 1. The highest BCUT2D eigenvalue weighted by atomic mass is 16.5. The fourth-order valence-electron chi connectivity index (χ4n) is 2.61. The highest BCUT2D eigenvalue weighted by molar-refractivity contribution is 5.93. The number of amides is 1. The Morgan fingerprint density at radius 2 is 1.91 bits per heavy atom. The number of carbonyl (C=O) groups is 1. The lowest BCUT2D eigenvalue weighted by atomic mass is 10.0. The van der Waals surface area contributed by atoms with E-state index in [9.17, 15) is 4.79 Å². The molecule has 1 heterocycles. The van der Waals surface area contributed by atoms with Gasteiger partial charge in [-0.2, -0.15) is 0 Å². The van der Waals surface area contributed by atoms with E-state index in [1.807, 2.05) is 44.2 Å². The average molecular weight is 316 g/mol. The monoisotopic (exact) mass is 316 g/mol. The lowest BCUT2D eigenvalue weighted by Gasteiger charge is -2.37. The Morgan fingerprint density at radius 1 is 1.26 bits per heavy atom. The third-order valence-corrected chi connectivity index (χ3v) is 3.75. The molecule has 23 heavy (non-hydrogen) atoms. The number of oxazole rings is 1. The van der Waals surface area contributed by atoms with Gasteiger partial charge in [-0.25, -0.2) is 4.98 Å². The van der Waals surface area contributed by atoms with Gasteiger partial charge in [0, 0.05) is 20.6 Å². The summed E-state index contributed by atoms with van der Waals surface area (Å²) in [4.78, 5) is 19.0. The summed E-state index contributed by atoms with van der Waals surface area (Å²) in [6.45, 7) is 8.40. The molecule has 0 bridgehead atoms. The van der Waals surface area contributed by atoms with E-state index in [-0.39, 0.29) is 5.91 Å². The minimum atomic E-state index is -0.477. The van der Waals surface area contributed by atoms with Crippen LogP contribution in [0.5, 0.6) is 0 Å². The molecular weight excluding hydrogens is 292 g/mol. The molecule has 2 rings (SSSR count). The summed E-state index contributed by atoms with van der Waals surface area (Å²) >= 11 is 0. The van der Waals surface area contributed by atoms with Crippen LogP contribution in [-0.2, 0) is 11.3 Å². The van der Waals surface area contributed by atoms with E-state index in [0.717, 1.165) is 5.56 Å². The minimum Gasteiger partial charge on any atom is -0.436 e. The van der Waals surface area contributed by atoms with E-state index in [4.69, 9.17) is 9.15 Å². The van der Waals surface area contributed by atoms with Gasteiger partial charge in [-0.3, -0.25) is 4.79 Å². The molecule has 0 N–H and O–H groups in total. The number of rotatable bonds is 6. The molecule has 0 aliphatic heterocycles. The van der Waals surface area contributed by atoms with E-state index >= 15 is 0 Å². The van der Waals surface area contributed by atoms with E-state index in [1.54, 1.807) is 25.9 Å². The molecule has 5 nitrogen and oxygen atoms in total. The summed E-state index contributed by atoms with van der Waals surface area (Å²) in [5.41, 5.74) is 1.19. The third kappa shape index (κ3) is 3.99. The Labute approximate surface area is 137 Å². The molecule has 0 spiro atoms. The van der Waals surface area contributed by atoms with Crippen molar-refractivity contribution in [2.75, 3.05) is 13.7 Å². The molecule has 1 amide bonds. The van der Waals surface area contributed by atoms with Crippen LogP contribution in [0, 0.1) is 13.8 Å². The molecule has 0 unspecified atom stereocenters. The van der Waals surface area contributed by atoms with Crippen molar-refractivity contribution >= 4 is 5.91 Å². The first-order chi connectivity index (χ1) is 10.8. The van der Waals surface area contributed by atoms with Crippen LogP contribution in [0.15, 0.2) is 34.7 Å². The van der Waals surface area contributed by atoms with Crippen LogP contribution in [0.2, 0.25) is 0 Å². The molecule has 0 saturated carbocycles. The molecule has 0 radical (unpaired) electrons. The molecule has 1 aromatic carbocycles. The molecule has 0 atom stereocenters. The van der Waals surface area contributed by atoms with Gasteiger partial charge < -0.3 is 14.1 Å². The third-order valence-electron chi connectivity index (χ3n) is 3.75. The average Bonchev–Trinajstić information content (AvgIpc) is 2.84. The van der Waals surface area contributed by atoms with Gasteiger partial charge in [-0.1, -0.05) is 30.3 Å². The summed E-state index contributed by atoms with van der Waals surface area (Å²) in [5.74, 6) is 0.617. The standard InChI is InChI=1S/C18H24N2O3/c1-13-16(23-14(2)19-13)17(21)20(18(3,4)12-22-5)11-15-9-7-6-8-10-15/h6-10H,11-12H2,1-5H3. The van der Waals surface area contributed by atoms with Gasteiger partial charge in [0.15, 0.2) is 5.89 Å². The second-order valence-electron chi connectivity index (χ2n) is 6.27. The van der Waals surface area contributed by atoms with Crippen molar-refractivity contribution < 1.29 is 13.9 Å². The van der Waals surface area contributed by atoms with Crippen molar-refractivity contribution in [3.63, 3.8) is 0 Å². The summed E-state index contributed by atoms with van der Waals surface area (Å²) < 4.78 is 10.8. The van der Waals surface area contributed by atoms with E-state index in [1.165, 1.54) is 0 Å². The molecule has 5 heteroatoms. The Bertz CT molecular complexity index is 662. The minimum absolute atomic E-state index is 0.172. The molecule has 1 aromatic heterocycles. The first kappa shape index (κ1) is 17.2. The number of hydrogen-bond donors (Lipinski definition) is 0. The Hall–Kier alpha value is -2.14. The number of nitrogens with zero attached hydrogens (tertiary/aromatic N) is 2. The number of ether oxygens (including phenoxy) is 1. The van der Waals surface area contributed by atoms with Crippen molar-refractivity contribution in [3.8, 4) is 0 Å². The number of carbonyl (C=O) groups excluding carboxylic acids is 1. The molecule has 0 saturated heterocycles. The zero-order valence-corrected chi connectivity index (χ0v) is 14.4. The van der Waals surface area contributed by atoms with Gasteiger partial charge >= 0.3 is 0 Å². The van der Waals surface area contributed by atoms with Crippen LogP contribution >= 0.6 is 0 Å². The van der Waals surface area contributed by atoms with Crippen LogP contribution < -0.4 is 0 Å². The molecule has 0 aliphatic rings. The van der Waals surface area contributed by atoms with E-state index < -0.39 is 5.54 Å². The number of aryl methyl sites for hydroxylation is 2. The van der Waals surface area contributed by atoms with Gasteiger partial charge in [0.25, 0.3) is 5.91 Å². The largest absolute Gasteiger partial charge is 0.436 e. The summed E-state index contributed by atoms with van der Waals surface area (Å²) in [6, 6.07) is 9.89. The highest BCUT2D eigenvalue weighted by Gasteiger charge is 2.34. The second-order valence-corrected chi connectivity index (χ2v) is 6.27. The number of hydrogen-bond acceptors (Lipinski definition) is 4. The van der Waals surface area contributed by atoms with Gasteiger partial charge in [-0.15, -0.1) is 0 Å². The smallest absolute Gasteiger partial charge is 0.292 e. The molecular formula is C18H24N2O3. The van der Waals surface area contributed by atoms with Crippen molar-refractivity contribution in [3.05, 3.63) is 53.2 Å². The fourth-order valence-corrected chi connectivity index (χ4v) is 2.61. The van der Waals surface area contributed by atoms with E-state index in [2.05, 4.69) is 4.98 Å². The molecule has 2 aromatic rings. The van der Waals surface area contributed by atoms with Crippen molar-refractivity contribution in [1.29, 1.82) is 0 Å². The summed E-state index contributed by atoms with van der Waals surface area (Å²) in [5, 5.41) is 0. The van der Waals surface area contributed by atoms with Crippen LogP contribution in [-0.4, -0.2) is 35.0 Å².